The summed E-state index contributed by atoms with van der Waals surface area (Å²) in [5, 5.41) is 13.8. The topological polar surface area (TPSA) is 81.4 Å². The second-order valence-electron chi connectivity index (χ2n) is 9.69. The van der Waals surface area contributed by atoms with Gasteiger partial charge < -0.3 is 4.74 Å². The van der Waals surface area contributed by atoms with E-state index in [9.17, 15) is 4.79 Å². The number of methoxy groups -OCH3 is 1. The van der Waals surface area contributed by atoms with Crippen LogP contribution >= 0.6 is 27.7 Å². The van der Waals surface area contributed by atoms with Gasteiger partial charge in [0.1, 0.15) is 5.75 Å². The van der Waals surface area contributed by atoms with E-state index in [0.29, 0.717) is 11.0 Å². The fraction of sp³-hybridized carbons (Fsp3) is 0.241. The highest BCUT2D eigenvalue weighted by Crippen LogP contribution is 2.30. The van der Waals surface area contributed by atoms with Crippen LogP contribution < -0.4 is 10.2 Å². The maximum atomic E-state index is 12.6. The number of amides is 1. The van der Waals surface area contributed by atoms with Crippen molar-refractivity contribution in [2.24, 2.45) is 5.10 Å². The summed E-state index contributed by atoms with van der Waals surface area (Å²) in [5.74, 6) is 1.36. The smallest absolute Gasteiger partial charge is 0.250 e. The Labute approximate surface area is 235 Å². The molecule has 38 heavy (non-hydrogen) atoms. The third-order valence-electron chi connectivity index (χ3n) is 5.92. The average molecular weight is 593 g/mol. The van der Waals surface area contributed by atoms with Gasteiger partial charge in [-0.1, -0.05) is 84.9 Å². The van der Waals surface area contributed by atoms with Crippen LogP contribution in [-0.4, -0.2) is 39.2 Å². The third kappa shape index (κ3) is 6.71. The third-order valence-corrected chi connectivity index (χ3v) is 7.37. The zero-order valence-electron chi connectivity index (χ0n) is 22.0. The molecule has 1 N–H and O–H groups in total. The van der Waals surface area contributed by atoms with Gasteiger partial charge in [0.05, 0.1) is 18.6 Å². The van der Waals surface area contributed by atoms with Crippen molar-refractivity contribution in [1.82, 2.24) is 20.2 Å². The standard InChI is InChI=1S/C29H30BrN5O2S/c1-19(20-8-12-23(30)13-9-20)31-32-26(36)18-38-28-34-33-27(21-6-10-22(11-7-21)29(2,3)4)35(28)24-14-16-25(37-5)17-15-24/h6-17H,18H2,1-5H3,(H,32,36)/b31-19+. The Kier molecular flexibility index (Phi) is 8.69. The van der Waals surface area contributed by atoms with E-state index < -0.39 is 0 Å². The van der Waals surface area contributed by atoms with Crippen molar-refractivity contribution in [2.45, 2.75) is 38.3 Å². The van der Waals surface area contributed by atoms with Gasteiger partial charge in [-0.05, 0) is 59.9 Å². The van der Waals surface area contributed by atoms with Gasteiger partial charge in [-0.2, -0.15) is 5.10 Å². The minimum absolute atomic E-state index is 0.0504. The second kappa shape index (κ2) is 12.0. The molecule has 1 amide bonds. The minimum Gasteiger partial charge on any atom is -0.497 e. The molecule has 0 atom stereocenters. The van der Waals surface area contributed by atoms with Crippen molar-refractivity contribution < 1.29 is 9.53 Å². The lowest BCUT2D eigenvalue weighted by Gasteiger charge is -2.19. The average Bonchev–Trinajstić information content (AvgIpc) is 3.34. The predicted octanol–water partition coefficient (Wildman–Crippen LogP) is 6.64. The quantitative estimate of drug-likeness (QED) is 0.141. The molecule has 0 unspecified atom stereocenters. The molecule has 1 aromatic heterocycles. The number of hydrogen-bond donors (Lipinski definition) is 1. The number of nitrogens with one attached hydrogen (secondary N) is 1. The molecule has 0 radical (unpaired) electrons. The molecule has 7 nitrogen and oxygen atoms in total. The van der Waals surface area contributed by atoms with Crippen LogP contribution in [0.2, 0.25) is 0 Å². The number of carbonyl (C=O) groups excluding carboxylic acids is 1. The summed E-state index contributed by atoms with van der Waals surface area (Å²) in [4.78, 5) is 12.6. The zero-order valence-corrected chi connectivity index (χ0v) is 24.4. The Morgan fingerprint density at radius 2 is 1.66 bits per heavy atom. The van der Waals surface area contributed by atoms with Crippen LogP contribution in [0.25, 0.3) is 17.1 Å². The summed E-state index contributed by atoms with van der Waals surface area (Å²) in [7, 11) is 1.64. The van der Waals surface area contributed by atoms with Gasteiger partial charge in [-0.25, -0.2) is 5.43 Å². The van der Waals surface area contributed by atoms with Crippen LogP contribution in [0.5, 0.6) is 5.75 Å². The normalized spacial score (nSPS) is 11.9. The molecule has 196 valence electrons. The summed E-state index contributed by atoms with van der Waals surface area (Å²) >= 11 is 4.73. The number of rotatable bonds is 8. The molecular formula is C29H30BrN5O2S. The summed E-state index contributed by atoms with van der Waals surface area (Å²) < 4.78 is 8.27. The molecule has 3 aromatic carbocycles. The lowest BCUT2D eigenvalue weighted by Crippen LogP contribution is -2.21. The van der Waals surface area contributed by atoms with Crippen LogP contribution in [0.15, 0.2) is 87.5 Å². The Morgan fingerprint density at radius 1 is 1.00 bits per heavy atom. The fourth-order valence-electron chi connectivity index (χ4n) is 3.70. The van der Waals surface area contributed by atoms with Crippen molar-refractivity contribution in [1.29, 1.82) is 0 Å². The number of halogens is 1. The SMILES string of the molecule is COc1ccc(-n2c(SCC(=O)N/N=C(\C)c3ccc(Br)cc3)nnc2-c2ccc(C(C)(C)C)cc2)cc1. The summed E-state index contributed by atoms with van der Waals surface area (Å²) in [6, 6.07) is 23.8. The number of benzene rings is 3. The molecule has 0 aliphatic rings. The van der Waals surface area contributed by atoms with Gasteiger partial charge in [0.15, 0.2) is 11.0 Å². The lowest BCUT2D eigenvalue weighted by molar-refractivity contribution is -0.118. The number of hydrazone groups is 1. The fourth-order valence-corrected chi connectivity index (χ4v) is 4.71. The van der Waals surface area contributed by atoms with E-state index in [4.69, 9.17) is 4.74 Å². The molecule has 0 aliphatic heterocycles. The van der Waals surface area contributed by atoms with Crippen LogP contribution in [0.1, 0.15) is 38.8 Å². The van der Waals surface area contributed by atoms with E-state index in [0.717, 1.165) is 32.7 Å². The first-order valence-electron chi connectivity index (χ1n) is 12.1. The highest BCUT2D eigenvalue weighted by Gasteiger charge is 2.19. The van der Waals surface area contributed by atoms with Crippen molar-refractivity contribution in [2.75, 3.05) is 12.9 Å². The highest BCUT2D eigenvalue weighted by molar-refractivity contribution is 9.10. The lowest BCUT2D eigenvalue weighted by atomic mass is 9.87. The number of aromatic nitrogens is 3. The molecule has 0 aliphatic carbocycles. The molecule has 0 saturated heterocycles. The van der Waals surface area contributed by atoms with E-state index in [1.54, 1.807) is 7.11 Å². The largest absolute Gasteiger partial charge is 0.497 e. The van der Waals surface area contributed by atoms with Crippen molar-refractivity contribution in [3.8, 4) is 22.8 Å². The Hall–Kier alpha value is -3.43. The Bertz CT molecular complexity index is 1420. The maximum absolute atomic E-state index is 12.6. The van der Waals surface area contributed by atoms with Crippen molar-refractivity contribution >= 4 is 39.3 Å². The summed E-state index contributed by atoms with van der Waals surface area (Å²) in [5.41, 5.74) is 7.39. The molecular weight excluding hydrogens is 562 g/mol. The first-order valence-corrected chi connectivity index (χ1v) is 13.9. The van der Waals surface area contributed by atoms with Gasteiger partial charge in [0, 0.05) is 15.7 Å². The summed E-state index contributed by atoms with van der Waals surface area (Å²) in [6.07, 6.45) is 0. The number of carbonyl (C=O) groups is 1. The van der Waals surface area contributed by atoms with E-state index in [1.165, 1.54) is 17.3 Å². The molecule has 4 aromatic rings. The monoisotopic (exact) mass is 591 g/mol. The number of ether oxygens (including phenoxy) is 1. The molecule has 0 spiro atoms. The van der Waals surface area contributed by atoms with Crippen LogP contribution in [0, 0.1) is 0 Å². The van der Waals surface area contributed by atoms with Gasteiger partial charge in [-0.15, -0.1) is 10.2 Å². The minimum atomic E-state index is -0.230. The molecule has 9 heteroatoms. The van der Waals surface area contributed by atoms with Gasteiger partial charge >= 0.3 is 0 Å². The molecule has 1 heterocycles. The van der Waals surface area contributed by atoms with Crippen LogP contribution in [-0.2, 0) is 10.2 Å². The van der Waals surface area contributed by atoms with Crippen LogP contribution in [0.4, 0.5) is 0 Å². The molecule has 0 bridgehead atoms. The molecule has 4 rings (SSSR count). The first-order chi connectivity index (χ1) is 18.2. The predicted molar refractivity (Wildman–Crippen MR) is 157 cm³/mol. The Morgan fingerprint density at radius 3 is 2.26 bits per heavy atom. The molecule has 0 saturated carbocycles. The zero-order chi connectivity index (χ0) is 27.3. The first kappa shape index (κ1) is 27.6. The Balaban J connectivity index is 1.56. The van der Waals surface area contributed by atoms with Gasteiger partial charge in [-0.3, -0.25) is 9.36 Å². The van der Waals surface area contributed by atoms with E-state index in [2.05, 4.69) is 81.7 Å². The molecule has 0 fully saturated rings. The van der Waals surface area contributed by atoms with E-state index >= 15 is 0 Å². The van der Waals surface area contributed by atoms with Gasteiger partial charge in [0.25, 0.3) is 5.91 Å². The number of thioether (sulfide) groups is 1. The number of hydrogen-bond acceptors (Lipinski definition) is 6. The van der Waals surface area contributed by atoms with Gasteiger partial charge in [0.2, 0.25) is 0 Å². The maximum Gasteiger partial charge on any atom is 0.250 e. The van der Waals surface area contributed by atoms with E-state index in [1.807, 2.05) is 60.0 Å². The second-order valence-corrected chi connectivity index (χ2v) is 11.6. The van der Waals surface area contributed by atoms with Crippen molar-refractivity contribution in [3.05, 3.63) is 88.4 Å². The summed E-state index contributed by atoms with van der Waals surface area (Å²) in [6.45, 7) is 8.42. The number of nitrogens with zero attached hydrogens (tertiary/aromatic N) is 4. The highest BCUT2D eigenvalue weighted by atomic mass is 79.9. The van der Waals surface area contributed by atoms with Crippen molar-refractivity contribution in [3.63, 3.8) is 0 Å². The van der Waals surface area contributed by atoms with E-state index in [-0.39, 0.29) is 17.1 Å². The van der Waals surface area contributed by atoms with Crippen LogP contribution in [0.3, 0.4) is 0 Å².